The van der Waals surface area contributed by atoms with Gasteiger partial charge in [0, 0.05) is 19.1 Å². The number of benzene rings is 1. The Hall–Kier alpha value is -1.06. The molecule has 2 rings (SSSR count). The standard InChI is InChI=1S/C15H23NO2/c1-4-14(12-5-7-13(17)8-6-12)16-9-10-18-15(2,3)11-16/h5-8,14,17H,4,9-11H2,1-3H3. The van der Waals surface area contributed by atoms with Gasteiger partial charge in [0.25, 0.3) is 0 Å². The van der Waals surface area contributed by atoms with E-state index in [0.717, 1.165) is 26.1 Å². The van der Waals surface area contributed by atoms with Crippen molar-refractivity contribution < 1.29 is 9.84 Å². The van der Waals surface area contributed by atoms with E-state index in [1.807, 2.05) is 12.1 Å². The maximum atomic E-state index is 9.37. The van der Waals surface area contributed by atoms with Crippen molar-refractivity contribution in [3.05, 3.63) is 29.8 Å². The Morgan fingerprint density at radius 1 is 1.33 bits per heavy atom. The lowest BCUT2D eigenvalue weighted by Gasteiger charge is -2.42. The highest BCUT2D eigenvalue weighted by Crippen LogP contribution is 2.29. The summed E-state index contributed by atoms with van der Waals surface area (Å²) in [4.78, 5) is 2.48. The average molecular weight is 249 g/mol. The Bertz CT molecular complexity index is 386. The Labute approximate surface area is 109 Å². The minimum Gasteiger partial charge on any atom is -0.508 e. The fraction of sp³-hybridized carbons (Fsp3) is 0.600. The van der Waals surface area contributed by atoms with E-state index in [1.165, 1.54) is 5.56 Å². The highest BCUT2D eigenvalue weighted by Gasteiger charge is 2.31. The van der Waals surface area contributed by atoms with Gasteiger partial charge in [-0.2, -0.15) is 0 Å². The van der Waals surface area contributed by atoms with Crippen LogP contribution in [0.3, 0.4) is 0 Å². The highest BCUT2D eigenvalue weighted by atomic mass is 16.5. The van der Waals surface area contributed by atoms with Crippen LogP contribution in [0.25, 0.3) is 0 Å². The molecule has 1 aliphatic rings. The first-order chi connectivity index (χ1) is 8.52. The first-order valence-corrected chi connectivity index (χ1v) is 6.69. The lowest BCUT2D eigenvalue weighted by molar-refractivity contribution is -0.0980. The van der Waals surface area contributed by atoms with Crippen molar-refractivity contribution >= 4 is 0 Å². The molecule has 100 valence electrons. The number of rotatable bonds is 3. The molecule has 1 aliphatic heterocycles. The number of hydrogen-bond acceptors (Lipinski definition) is 3. The largest absolute Gasteiger partial charge is 0.508 e. The van der Waals surface area contributed by atoms with Crippen LogP contribution in [0.2, 0.25) is 0 Å². The third-order valence-electron chi connectivity index (χ3n) is 3.56. The van der Waals surface area contributed by atoms with Crippen LogP contribution < -0.4 is 0 Å². The number of morpholine rings is 1. The third kappa shape index (κ3) is 3.03. The van der Waals surface area contributed by atoms with E-state index in [1.54, 1.807) is 12.1 Å². The molecule has 1 aromatic rings. The molecule has 3 nitrogen and oxygen atoms in total. The van der Waals surface area contributed by atoms with Gasteiger partial charge >= 0.3 is 0 Å². The van der Waals surface area contributed by atoms with Gasteiger partial charge < -0.3 is 9.84 Å². The van der Waals surface area contributed by atoms with Gasteiger partial charge in [-0.15, -0.1) is 0 Å². The number of ether oxygens (including phenoxy) is 1. The molecule has 1 atom stereocenters. The summed E-state index contributed by atoms with van der Waals surface area (Å²) < 4.78 is 5.76. The SMILES string of the molecule is CCC(c1ccc(O)cc1)N1CCOC(C)(C)C1. The maximum absolute atomic E-state index is 9.37. The Balaban J connectivity index is 2.15. The van der Waals surface area contributed by atoms with Crippen molar-refractivity contribution in [2.45, 2.75) is 38.8 Å². The summed E-state index contributed by atoms with van der Waals surface area (Å²) in [5, 5.41) is 9.37. The molecule has 1 aromatic carbocycles. The summed E-state index contributed by atoms with van der Waals surface area (Å²) in [5.41, 5.74) is 1.20. The van der Waals surface area contributed by atoms with Gasteiger partial charge in [0.2, 0.25) is 0 Å². The molecule has 18 heavy (non-hydrogen) atoms. The molecule has 0 aromatic heterocycles. The number of aromatic hydroxyl groups is 1. The first-order valence-electron chi connectivity index (χ1n) is 6.69. The van der Waals surface area contributed by atoms with Crippen LogP contribution in [0.15, 0.2) is 24.3 Å². The Morgan fingerprint density at radius 3 is 2.56 bits per heavy atom. The van der Waals surface area contributed by atoms with E-state index in [4.69, 9.17) is 4.74 Å². The zero-order valence-corrected chi connectivity index (χ0v) is 11.5. The molecule has 0 spiro atoms. The van der Waals surface area contributed by atoms with E-state index in [-0.39, 0.29) is 5.60 Å². The van der Waals surface area contributed by atoms with Crippen LogP contribution in [0.1, 0.15) is 38.8 Å². The molecule has 3 heteroatoms. The van der Waals surface area contributed by atoms with Crippen LogP contribution in [-0.2, 0) is 4.74 Å². The van der Waals surface area contributed by atoms with Crippen molar-refractivity contribution in [1.82, 2.24) is 4.90 Å². The fourth-order valence-electron chi connectivity index (χ4n) is 2.72. The second-order valence-corrected chi connectivity index (χ2v) is 5.59. The Kier molecular flexibility index (Phi) is 3.93. The summed E-state index contributed by atoms with van der Waals surface area (Å²) in [7, 11) is 0. The summed E-state index contributed by atoms with van der Waals surface area (Å²) in [6.45, 7) is 9.21. The maximum Gasteiger partial charge on any atom is 0.115 e. The van der Waals surface area contributed by atoms with Crippen LogP contribution in [0.5, 0.6) is 5.75 Å². The van der Waals surface area contributed by atoms with Crippen molar-refractivity contribution in [1.29, 1.82) is 0 Å². The molecule has 0 aliphatic carbocycles. The van der Waals surface area contributed by atoms with Crippen LogP contribution in [-0.4, -0.2) is 35.3 Å². The van der Waals surface area contributed by atoms with Gasteiger partial charge in [0.15, 0.2) is 0 Å². The molecule has 1 fully saturated rings. The topological polar surface area (TPSA) is 32.7 Å². The van der Waals surface area contributed by atoms with Crippen molar-refractivity contribution in [2.24, 2.45) is 0 Å². The molecule has 0 bridgehead atoms. The number of phenols is 1. The molecule has 0 amide bonds. The predicted molar refractivity (Wildman–Crippen MR) is 72.7 cm³/mol. The normalized spacial score (nSPS) is 21.7. The first kappa shape index (κ1) is 13.4. The lowest BCUT2D eigenvalue weighted by atomic mass is 9.99. The smallest absolute Gasteiger partial charge is 0.115 e. The van der Waals surface area contributed by atoms with E-state index in [0.29, 0.717) is 11.8 Å². The molecule has 1 saturated heterocycles. The number of phenolic OH excluding ortho intramolecular Hbond substituents is 1. The summed E-state index contributed by atoms with van der Waals surface area (Å²) in [5.74, 6) is 0.330. The van der Waals surface area contributed by atoms with Gasteiger partial charge in [0.05, 0.1) is 12.2 Å². The molecule has 0 saturated carbocycles. The molecule has 0 radical (unpaired) electrons. The Morgan fingerprint density at radius 2 is 2.00 bits per heavy atom. The van der Waals surface area contributed by atoms with Crippen LogP contribution in [0.4, 0.5) is 0 Å². The van der Waals surface area contributed by atoms with Gasteiger partial charge in [-0.1, -0.05) is 19.1 Å². The number of hydrogen-bond donors (Lipinski definition) is 1. The second kappa shape index (κ2) is 5.29. The molecular weight excluding hydrogens is 226 g/mol. The lowest BCUT2D eigenvalue weighted by Crippen LogP contribution is -2.49. The molecule has 1 heterocycles. The number of nitrogens with zero attached hydrogens (tertiary/aromatic N) is 1. The average Bonchev–Trinajstić information content (AvgIpc) is 2.31. The van der Waals surface area contributed by atoms with Crippen LogP contribution >= 0.6 is 0 Å². The van der Waals surface area contributed by atoms with Crippen molar-refractivity contribution in [3.63, 3.8) is 0 Å². The monoisotopic (exact) mass is 249 g/mol. The van der Waals surface area contributed by atoms with E-state index in [2.05, 4.69) is 25.7 Å². The van der Waals surface area contributed by atoms with E-state index < -0.39 is 0 Å². The van der Waals surface area contributed by atoms with Crippen molar-refractivity contribution in [3.8, 4) is 5.75 Å². The zero-order valence-electron chi connectivity index (χ0n) is 11.5. The minimum absolute atomic E-state index is 0.0669. The summed E-state index contributed by atoms with van der Waals surface area (Å²) >= 11 is 0. The summed E-state index contributed by atoms with van der Waals surface area (Å²) in [6, 6.07) is 7.99. The van der Waals surface area contributed by atoms with Crippen LogP contribution in [0, 0.1) is 0 Å². The quantitative estimate of drug-likeness (QED) is 0.894. The van der Waals surface area contributed by atoms with E-state index in [9.17, 15) is 5.11 Å². The fourth-order valence-corrected chi connectivity index (χ4v) is 2.72. The molecular formula is C15H23NO2. The van der Waals surface area contributed by atoms with Gasteiger partial charge in [-0.25, -0.2) is 0 Å². The third-order valence-corrected chi connectivity index (χ3v) is 3.56. The predicted octanol–water partition coefficient (Wildman–Crippen LogP) is 2.95. The van der Waals surface area contributed by atoms with Crippen molar-refractivity contribution in [2.75, 3.05) is 19.7 Å². The summed E-state index contributed by atoms with van der Waals surface area (Å²) in [6.07, 6.45) is 1.07. The minimum atomic E-state index is -0.0669. The van der Waals surface area contributed by atoms with Gasteiger partial charge in [0.1, 0.15) is 5.75 Å². The highest BCUT2D eigenvalue weighted by molar-refractivity contribution is 5.28. The second-order valence-electron chi connectivity index (χ2n) is 5.59. The van der Waals surface area contributed by atoms with Gasteiger partial charge in [-0.3, -0.25) is 4.90 Å². The zero-order chi connectivity index (χ0) is 13.2. The molecule has 1 N–H and O–H groups in total. The van der Waals surface area contributed by atoms with E-state index >= 15 is 0 Å². The molecule has 1 unspecified atom stereocenters. The van der Waals surface area contributed by atoms with Gasteiger partial charge in [-0.05, 0) is 38.0 Å².